The standard InChI is InChI=1S/C28H23IN6O2S/c29-20-11-13-21(14-12-20)30-17-26-32-34-28(35(26)22-7-2-1-3-8-22)38-18-27(37)33-31-16-24-23-9-5-4-6-19(23)10-15-25(24)36/h1-16,30,36H,17-18H2,(H,33,37)/b31-16-. The van der Waals surface area contributed by atoms with Crippen LogP contribution in [0, 0.1) is 3.57 Å². The van der Waals surface area contributed by atoms with Gasteiger partial charge in [-0.3, -0.25) is 9.36 Å². The molecule has 0 saturated heterocycles. The first kappa shape index (κ1) is 25.7. The quantitative estimate of drug-likeness (QED) is 0.0847. The summed E-state index contributed by atoms with van der Waals surface area (Å²) in [5.41, 5.74) is 4.97. The monoisotopic (exact) mass is 634 g/mol. The van der Waals surface area contributed by atoms with Crippen molar-refractivity contribution >= 4 is 62.9 Å². The molecule has 0 aliphatic carbocycles. The Bertz CT molecular complexity index is 1590. The van der Waals surface area contributed by atoms with E-state index >= 15 is 0 Å². The Morgan fingerprint density at radius 1 is 0.974 bits per heavy atom. The first-order valence-corrected chi connectivity index (χ1v) is 13.8. The summed E-state index contributed by atoms with van der Waals surface area (Å²) in [5.74, 6) is 0.613. The molecule has 1 amide bonds. The van der Waals surface area contributed by atoms with Crippen molar-refractivity contribution in [2.24, 2.45) is 5.10 Å². The third-order valence-electron chi connectivity index (χ3n) is 5.67. The van der Waals surface area contributed by atoms with E-state index in [0.29, 0.717) is 17.3 Å². The molecular weight excluding hydrogens is 611 g/mol. The zero-order chi connectivity index (χ0) is 26.3. The molecule has 0 aliphatic rings. The number of nitrogens with zero attached hydrogens (tertiary/aromatic N) is 4. The van der Waals surface area contributed by atoms with Gasteiger partial charge in [0.1, 0.15) is 5.75 Å². The molecule has 0 spiro atoms. The summed E-state index contributed by atoms with van der Waals surface area (Å²) in [6.45, 7) is 0.466. The molecular formula is C28H23IN6O2S. The summed E-state index contributed by atoms with van der Waals surface area (Å²) in [4.78, 5) is 12.6. The molecule has 0 radical (unpaired) electrons. The smallest absolute Gasteiger partial charge is 0.250 e. The molecule has 5 rings (SSSR count). The highest BCUT2D eigenvalue weighted by atomic mass is 127. The summed E-state index contributed by atoms with van der Waals surface area (Å²) in [7, 11) is 0. The van der Waals surface area contributed by atoms with Gasteiger partial charge in [-0.25, -0.2) is 5.43 Å². The molecule has 0 aliphatic heterocycles. The van der Waals surface area contributed by atoms with E-state index in [1.807, 2.05) is 89.5 Å². The van der Waals surface area contributed by atoms with E-state index in [4.69, 9.17) is 0 Å². The van der Waals surface area contributed by atoms with Gasteiger partial charge in [-0.15, -0.1) is 10.2 Å². The van der Waals surface area contributed by atoms with Gasteiger partial charge >= 0.3 is 0 Å². The van der Waals surface area contributed by atoms with E-state index in [9.17, 15) is 9.90 Å². The number of para-hydroxylation sites is 1. The van der Waals surface area contributed by atoms with E-state index in [1.165, 1.54) is 18.0 Å². The fraction of sp³-hybridized carbons (Fsp3) is 0.0714. The Kier molecular flexibility index (Phi) is 8.19. The normalized spacial score (nSPS) is 11.2. The van der Waals surface area contributed by atoms with Gasteiger partial charge in [0.05, 0.1) is 18.5 Å². The number of hydrazone groups is 1. The number of hydrogen-bond acceptors (Lipinski definition) is 7. The zero-order valence-electron chi connectivity index (χ0n) is 20.1. The summed E-state index contributed by atoms with van der Waals surface area (Å²) >= 11 is 3.55. The highest BCUT2D eigenvalue weighted by Crippen LogP contribution is 2.26. The number of hydrogen-bond donors (Lipinski definition) is 3. The number of phenols is 1. The molecule has 0 bridgehead atoms. The van der Waals surface area contributed by atoms with Crippen LogP contribution in [0.15, 0.2) is 101 Å². The van der Waals surface area contributed by atoms with E-state index in [2.05, 4.69) is 48.6 Å². The van der Waals surface area contributed by atoms with Gasteiger partial charge in [0.2, 0.25) is 0 Å². The number of carbonyl (C=O) groups excluding carboxylic acids is 1. The van der Waals surface area contributed by atoms with Gasteiger partial charge in [-0.2, -0.15) is 5.10 Å². The number of aromatic nitrogens is 3. The molecule has 0 unspecified atom stereocenters. The lowest BCUT2D eigenvalue weighted by atomic mass is 10.0. The van der Waals surface area contributed by atoms with Gasteiger partial charge in [0, 0.05) is 20.5 Å². The Morgan fingerprint density at radius 2 is 1.74 bits per heavy atom. The molecule has 10 heteroatoms. The number of fused-ring (bicyclic) bond motifs is 1. The molecule has 4 aromatic carbocycles. The predicted octanol–water partition coefficient (Wildman–Crippen LogP) is 5.59. The van der Waals surface area contributed by atoms with Gasteiger partial charge < -0.3 is 10.4 Å². The van der Waals surface area contributed by atoms with Crippen LogP contribution in [0.3, 0.4) is 0 Å². The SMILES string of the molecule is O=C(CSc1nnc(CNc2ccc(I)cc2)n1-c1ccccc1)N/N=C\c1c(O)ccc2ccccc12. The first-order valence-electron chi connectivity index (χ1n) is 11.7. The van der Waals surface area contributed by atoms with Crippen LogP contribution < -0.4 is 10.7 Å². The number of halogens is 1. The minimum atomic E-state index is -0.299. The van der Waals surface area contributed by atoms with Crippen molar-refractivity contribution in [1.29, 1.82) is 0 Å². The lowest BCUT2D eigenvalue weighted by molar-refractivity contribution is -0.118. The van der Waals surface area contributed by atoms with Crippen LogP contribution in [-0.4, -0.2) is 37.7 Å². The highest BCUT2D eigenvalue weighted by Gasteiger charge is 2.16. The number of benzene rings is 4. The molecule has 190 valence electrons. The summed E-state index contributed by atoms with van der Waals surface area (Å²) in [6, 6.07) is 29.0. The largest absolute Gasteiger partial charge is 0.507 e. The number of aromatic hydroxyl groups is 1. The predicted molar refractivity (Wildman–Crippen MR) is 160 cm³/mol. The van der Waals surface area contributed by atoms with Gasteiger partial charge in [-0.1, -0.05) is 60.3 Å². The molecule has 3 N–H and O–H groups in total. The topological polar surface area (TPSA) is 104 Å². The minimum absolute atomic E-state index is 0.0916. The van der Waals surface area contributed by atoms with Crippen LogP contribution in [0.2, 0.25) is 0 Å². The maximum absolute atomic E-state index is 12.6. The fourth-order valence-electron chi connectivity index (χ4n) is 3.84. The van der Waals surface area contributed by atoms with Crippen molar-refractivity contribution in [2.75, 3.05) is 11.1 Å². The molecule has 0 saturated carbocycles. The van der Waals surface area contributed by atoms with E-state index in [-0.39, 0.29) is 17.4 Å². The van der Waals surface area contributed by atoms with Crippen LogP contribution in [0.25, 0.3) is 16.5 Å². The van der Waals surface area contributed by atoms with Gasteiger partial charge in [0.25, 0.3) is 5.91 Å². The van der Waals surface area contributed by atoms with Crippen molar-refractivity contribution in [1.82, 2.24) is 20.2 Å². The van der Waals surface area contributed by atoms with Crippen molar-refractivity contribution in [3.05, 3.63) is 106 Å². The zero-order valence-corrected chi connectivity index (χ0v) is 23.1. The van der Waals surface area contributed by atoms with Crippen LogP contribution in [0.1, 0.15) is 11.4 Å². The Labute approximate surface area is 237 Å². The Balaban J connectivity index is 1.27. The number of nitrogens with one attached hydrogen (secondary N) is 2. The molecule has 0 fully saturated rings. The third-order valence-corrected chi connectivity index (χ3v) is 7.32. The van der Waals surface area contributed by atoms with Crippen molar-refractivity contribution < 1.29 is 9.90 Å². The van der Waals surface area contributed by atoms with Crippen LogP contribution in [0.5, 0.6) is 5.75 Å². The minimum Gasteiger partial charge on any atom is -0.507 e. The van der Waals surface area contributed by atoms with Crippen molar-refractivity contribution in [3.63, 3.8) is 0 Å². The average molecular weight is 635 g/mol. The molecule has 1 heterocycles. The molecule has 1 aromatic heterocycles. The molecule has 8 nitrogen and oxygen atoms in total. The van der Waals surface area contributed by atoms with E-state index in [0.717, 1.165) is 31.5 Å². The second-order valence-electron chi connectivity index (χ2n) is 8.23. The molecule has 0 atom stereocenters. The first-order chi connectivity index (χ1) is 18.6. The van der Waals surface area contributed by atoms with Gasteiger partial charge in [-0.05, 0) is 75.8 Å². The number of thioether (sulfide) groups is 1. The lowest BCUT2D eigenvalue weighted by Crippen LogP contribution is -2.20. The van der Waals surface area contributed by atoms with E-state index < -0.39 is 0 Å². The Morgan fingerprint density at radius 3 is 2.55 bits per heavy atom. The Hall–Kier alpha value is -3.90. The number of amides is 1. The number of rotatable bonds is 9. The van der Waals surface area contributed by atoms with Crippen LogP contribution in [0.4, 0.5) is 5.69 Å². The van der Waals surface area contributed by atoms with Crippen molar-refractivity contribution in [2.45, 2.75) is 11.7 Å². The fourth-order valence-corrected chi connectivity index (χ4v) is 4.97. The maximum atomic E-state index is 12.6. The van der Waals surface area contributed by atoms with Crippen LogP contribution in [-0.2, 0) is 11.3 Å². The number of anilines is 1. The second kappa shape index (κ2) is 12.1. The second-order valence-corrected chi connectivity index (χ2v) is 10.4. The highest BCUT2D eigenvalue weighted by molar-refractivity contribution is 14.1. The van der Waals surface area contributed by atoms with Crippen LogP contribution >= 0.6 is 34.4 Å². The van der Waals surface area contributed by atoms with E-state index in [1.54, 1.807) is 6.07 Å². The lowest BCUT2D eigenvalue weighted by Gasteiger charge is -2.11. The summed E-state index contributed by atoms with van der Waals surface area (Å²) in [5, 5.41) is 28.9. The van der Waals surface area contributed by atoms with Crippen molar-refractivity contribution in [3.8, 4) is 11.4 Å². The summed E-state index contributed by atoms with van der Waals surface area (Å²) in [6.07, 6.45) is 1.46. The van der Waals surface area contributed by atoms with Gasteiger partial charge in [0.15, 0.2) is 11.0 Å². The third kappa shape index (κ3) is 6.14. The molecule has 5 aromatic rings. The molecule has 38 heavy (non-hydrogen) atoms. The number of phenolic OH excluding ortho intramolecular Hbond substituents is 1. The number of carbonyl (C=O) groups is 1. The average Bonchev–Trinajstić information content (AvgIpc) is 3.36. The summed E-state index contributed by atoms with van der Waals surface area (Å²) < 4.78 is 3.10. The maximum Gasteiger partial charge on any atom is 0.250 e.